The van der Waals surface area contributed by atoms with Crippen molar-refractivity contribution >= 4 is 16.9 Å². The lowest BCUT2D eigenvalue weighted by atomic mass is 10.0. The van der Waals surface area contributed by atoms with E-state index >= 15 is 0 Å². The molecule has 0 saturated heterocycles. The van der Waals surface area contributed by atoms with Gasteiger partial charge in [0.15, 0.2) is 0 Å². The molecule has 2 rings (SSSR count). The number of carbonyl (C=O) groups is 1. The third kappa shape index (κ3) is 1.58. The van der Waals surface area contributed by atoms with E-state index in [0.29, 0.717) is 5.56 Å². The highest BCUT2D eigenvalue weighted by Crippen LogP contribution is 2.26. The van der Waals surface area contributed by atoms with Crippen LogP contribution in [-0.2, 0) is 6.42 Å². The first-order valence-corrected chi connectivity index (χ1v) is 5.48. The Labute approximate surface area is 94.1 Å². The fourth-order valence-corrected chi connectivity index (χ4v) is 2.19. The molecule has 1 aromatic carbocycles. The number of carboxylic acids is 1. The van der Waals surface area contributed by atoms with Gasteiger partial charge < -0.3 is 10.1 Å². The van der Waals surface area contributed by atoms with Gasteiger partial charge in [0.05, 0.1) is 5.56 Å². The summed E-state index contributed by atoms with van der Waals surface area (Å²) in [7, 11) is 0. The molecule has 0 saturated carbocycles. The van der Waals surface area contributed by atoms with Gasteiger partial charge in [-0.3, -0.25) is 0 Å². The van der Waals surface area contributed by atoms with Crippen LogP contribution >= 0.6 is 0 Å². The smallest absolute Gasteiger partial charge is 0.336 e. The lowest BCUT2D eigenvalue weighted by molar-refractivity contribution is 0.0699. The molecule has 0 aliphatic carbocycles. The Hall–Kier alpha value is -1.77. The summed E-state index contributed by atoms with van der Waals surface area (Å²) in [6.07, 6.45) is 1.93. The van der Waals surface area contributed by atoms with Gasteiger partial charge in [-0.25, -0.2) is 4.79 Å². The summed E-state index contributed by atoms with van der Waals surface area (Å²) in [5, 5.41) is 10.0. The average molecular weight is 217 g/mol. The molecule has 0 bridgehead atoms. The third-order valence-corrected chi connectivity index (χ3v) is 2.87. The van der Waals surface area contributed by atoms with Crippen molar-refractivity contribution in [3.63, 3.8) is 0 Å². The van der Waals surface area contributed by atoms with Crippen molar-refractivity contribution in [1.29, 1.82) is 0 Å². The minimum atomic E-state index is -0.859. The minimum Gasteiger partial charge on any atom is -0.478 e. The predicted octanol–water partition coefficient (Wildman–Crippen LogP) is 3.13. The van der Waals surface area contributed by atoms with E-state index in [9.17, 15) is 9.90 Å². The van der Waals surface area contributed by atoms with E-state index in [2.05, 4.69) is 11.9 Å². The van der Waals surface area contributed by atoms with E-state index in [1.54, 1.807) is 12.1 Å². The summed E-state index contributed by atoms with van der Waals surface area (Å²) in [6.45, 7) is 4.10. The first-order chi connectivity index (χ1) is 7.65. The summed E-state index contributed by atoms with van der Waals surface area (Å²) in [4.78, 5) is 14.4. The van der Waals surface area contributed by atoms with Crippen LogP contribution in [0.2, 0.25) is 0 Å². The van der Waals surface area contributed by atoms with Gasteiger partial charge in [0.2, 0.25) is 0 Å². The Balaban J connectivity index is 2.77. The highest BCUT2D eigenvalue weighted by molar-refractivity contribution is 6.04. The number of hydrogen-bond donors (Lipinski definition) is 2. The number of aryl methyl sites for hydroxylation is 2. The zero-order valence-electron chi connectivity index (χ0n) is 9.50. The molecule has 0 aliphatic heterocycles. The number of nitrogens with one attached hydrogen (secondary N) is 1. The zero-order valence-corrected chi connectivity index (χ0v) is 9.50. The summed E-state index contributed by atoms with van der Waals surface area (Å²) >= 11 is 0. The fourth-order valence-electron chi connectivity index (χ4n) is 2.19. The second kappa shape index (κ2) is 4.00. The Morgan fingerprint density at radius 3 is 2.81 bits per heavy atom. The molecule has 1 heterocycles. The van der Waals surface area contributed by atoms with Crippen molar-refractivity contribution in [2.24, 2.45) is 0 Å². The van der Waals surface area contributed by atoms with E-state index in [-0.39, 0.29) is 0 Å². The van der Waals surface area contributed by atoms with Gasteiger partial charge in [-0.1, -0.05) is 19.4 Å². The fraction of sp³-hybridized carbons (Fsp3) is 0.308. The maximum Gasteiger partial charge on any atom is 0.336 e. The van der Waals surface area contributed by atoms with Gasteiger partial charge >= 0.3 is 5.97 Å². The minimum absolute atomic E-state index is 0.394. The van der Waals surface area contributed by atoms with Gasteiger partial charge in [0, 0.05) is 16.6 Å². The highest BCUT2D eigenvalue weighted by atomic mass is 16.4. The first-order valence-electron chi connectivity index (χ1n) is 5.48. The average Bonchev–Trinajstić information content (AvgIpc) is 2.55. The van der Waals surface area contributed by atoms with Crippen LogP contribution in [-0.4, -0.2) is 16.1 Å². The molecule has 16 heavy (non-hydrogen) atoms. The van der Waals surface area contributed by atoms with Gasteiger partial charge in [0.1, 0.15) is 0 Å². The number of benzene rings is 1. The molecule has 0 amide bonds. The number of aromatic amines is 1. The monoisotopic (exact) mass is 217 g/mol. The highest BCUT2D eigenvalue weighted by Gasteiger charge is 2.15. The predicted molar refractivity (Wildman–Crippen MR) is 64.0 cm³/mol. The summed E-state index contributed by atoms with van der Waals surface area (Å²) in [5.41, 5.74) is 3.52. The molecule has 3 nitrogen and oxygen atoms in total. The molecule has 0 radical (unpaired) electrons. The van der Waals surface area contributed by atoms with E-state index in [4.69, 9.17) is 0 Å². The molecule has 0 fully saturated rings. The van der Waals surface area contributed by atoms with Gasteiger partial charge in [-0.2, -0.15) is 0 Å². The van der Waals surface area contributed by atoms with Crippen LogP contribution in [0.3, 0.4) is 0 Å². The number of aromatic carboxylic acids is 1. The standard InChI is InChI=1S/C13H15NO2/c1-3-5-9-8(2)14-11-7-4-6-10(12(9)11)13(15)16/h4,6-7,14H,3,5H2,1-2H3,(H,15,16). The molecule has 2 aromatic rings. The molecule has 2 N–H and O–H groups in total. The maximum absolute atomic E-state index is 11.2. The normalized spacial score (nSPS) is 10.9. The Bertz CT molecular complexity index is 540. The number of H-pyrrole nitrogens is 1. The van der Waals surface area contributed by atoms with Crippen molar-refractivity contribution in [1.82, 2.24) is 4.98 Å². The maximum atomic E-state index is 11.2. The summed E-state index contributed by atoms with van der Waals surface area (Å²) in [5.74, 6) is -0.859. The van der Waals surface area contributed by atoms with Crippen LogP contribution in [0.5, 0.6) is 0 Å². The third-order valence-electron chi connectivity index (χ3n) is 2.87. The molecule has 0 aliphatic rings. The number of fused-ring (bicyclic) bond motifs is 1. The van der Waals surface area contributed by atoms with E-state index in [0.717, 1.165) is 35.0 Å². The van der Waals surface area contributed by atoms with Gasteiger partial charge in [-0.05, 0) is 31.0 Å². The first kappa shape index (κ1) is 10.7. The van der Waals surface area contributed by atoms with Crippen molar-refractivity contribution in [3.05, 3.63) is 35.0 Å². The van der Waals surface area contributed by atoms with Crippen LogP contribution in [0.1, 0.15) is 35.0 Å². The van der Waals surface area contributed by atoms with Crippen LogP contribution in [0.15, 0.2) is 18.2 Å². The molecular weight excluding hydrogens is 202 g/mol. The Morgan fingerprint density at radius 2 is 2.19 bits per heavy atom. The number of rotatable bonds is 3. The van der Waals surface area contributed by atoms with Crippen molar-refractivity contribution in [2.45, 2.75) is 26.7 Å². The van der Waals surface area contributed by atoms with Crippen LogP contribution in [0, 0.1) is 6.92 Å². The lowest BCUT2D eigenvalue weighted by Gasteiger charge is -2.01. The largest absolute Gasteiger partial charge is 0.478 e. The second-order valence-corrected chi connectivity index (χ2v) is 4.01. The SMILES string of the molecule is CCCc1c(C)[nH]c2cccc(C(=O)O)c12. The lowest BCUT2D eigenvalue weighted by Crippen LogP contribution is -1.98. The van der Waals surface area contributed by atoms with Crippen molar-refractivity contribution < 1.29 is 9.90 Å². The molecule has 0 spiro atoms. The Morgan fingerprint density at radius 1 is 1.44 bits per heavy atom. The number of aromatic nitrogens is 1. The summed E-state index contributed by atoms with van der Waals surface area (Å²) < 4.78 is 0. The van der Waals surface area contributed by atoms with E-state index in [1.165, 1.54) is 0 Å². The van der Waals surface area contributed by atoms with Gasteiger partial charge in [-0.15, -0.1) is 0 Å². The number of hydrogen-bond acceptors (Lipinski definition) is 1. The summed E-state index contributed by atoms with van der Waals surface area (Å²) in [6, 6.07) is 5.36. The molecule has 84 valence electrons. The van der Waals surface area contributed by atoms with Crippen molar-refractivity contribution in [2.75, 3.05) is 0 Å². The molecule has 3 heteroatoms. The Kier molecular flexibility index (Phi) is 2.69. The van der Waals surface area contributed by atoms with Crippen LogP contribution < -0.4 is 0 Å². The van der Waals surface area contributed by atoms with Crippen LogP contribution in [0.25, 0.3) is 10.9 Å². The van der Waals surface area contributed by atoms with E-state index < -0.39 is 5.97 Å². The molecule has 0 unspecified atom stereocenters. The van der Waals surface area contributed by atoms with Gasteiger partial charge in [0.25, 0.3) is 0 Å². The topological polar surface area (TPSA) is 53.1 Å². The molecule has 1 aromatic heterocycles. The number of carboxylic acid groups (broad SMARTS) is 1. The second-order valence-electron chi connectivity index (χ2n) is 4.01. The quantitative estimate of drug-likeness (QED) is 0.829. The molecule has 0 atom stereocenters. The zero-order chi connectivity index (χ0) is 11.7. The van der Waals surface area contributed by atoms with Crippen LogP contribution in [0.4, 0.5) is 0 Å². The molecular formula is C13H15NO2. The van der Waals surface area contributed by atoms with Crippen molar-refractivity contribution in [3.8, 4) is 0 Å². The van der Waals surface area contributed by atoms with E-state index in [1.807, 2.05) is 13.0 Å².